The topological polar surface area (TPSA) is 39.2 Å². The Bertz CT molecular complexity index is 754. The van der Waals surface area contributed by atoms with Gasteiger partial charge in [-0.05, 0) is 23.3 Å². The van der Waals surface area contributed by atoms with Crippen molar-refractivity contribution in [1.29, 1.82) is 0 Å². The van der Waals surface area contributed by atoms with Crippen LogP contribution in [0, 0.1) is 5.82 Å². The highest BCUT2D eigenvalue weighted by atomic mass is 19.1. The predicted octanol–water partition coefficient (Wildman–Crippen LogP) is 3.08. The molecule has 4 rings (SSSR count). The van der Waals surface area contributed by atoms with Crippen LogP contribution in [0.1, 0.15) is 28.7 Å². The molecule has 2 aliphatic rings. The van der Waals surface area contributed by atoms with E-state index in [1.807, 2.05) is 36.4 Å². The fourth-order valence-corrected chi connectivity index (χ4v) is 3.23. The Morgan fingerprint density at radius 2 is 2.05 bits per heavy atom. The van der Waals surface area contributed by atoms with Gasteiger partial charge >= 0.3 is 0 Å². The van der Waals surface area contributed by atoms with Crippen LogP contribution in [0.3, 0.4) is 0 Å². The van der Waals surface area contributed by atoms with Gasteiger partial charge in [0, 0.05) is 0 Å². The molecule has 0 N–H and O–H groups in total. The number of halogens is 1. The van der Waals surface area contributed by atoms with Crippen LogP contribution in [-0.4, -0.2) is 23.5 Å². The summed E-state index contributed by atoms with van der Waals surface area (Å²) >= 11 is 0. The molecule has 22 heavy (non-hydrogen) atoms. The van der Waals surface area contributed by atoms with Crippen molar-refractivity contribution < 1.29 is 13.9 Å². The highest BCUT2D eigenvalue weighted by Crippen LogP contribution is 2.39. The van der Waals surface area contributed by atoms with Crippen LogP contribution in [0.4, 0.5) is 4.39 Å². The maximum atomic E-state index is 13.0. The van der Waals surface area contributed by atoms with E-state index in [0.29, 0.717) is 5.69 Å². The number of rotatable bonds is 1. The van der Waals surface area contributed by atoms with Crippen molar-refractivity contribution in [2.45, 2.75) is 17.9 Å². The molecule has 1 aromatic carbocycles. The third-order valence-corrected chi connectivity index (χ3v) is 4.34. The van der Waals surface area contributed by atoms with Crippen LogP contribution in [0.2, 0.25) is 0 Å². The summed E-state index contributed by atoms with van der Waals surface area (Å²) in [5.74, 6) is -1.07. The molecule has 0 radical (unpaired) electrons. The lowest BCUT2D eigenvalue weighted by Gasteiger charge is -2.36. The minimum Gasteiger partial charge on any atom is -0.372 e. The Morgan fingerprint density at radius 1 is 1.18 bits per heavy atom. The summed E-state index contributed by atoms with van der Waals surface area (Å²) in [6.45, 7) is 0.283. The molecule has 110 valence electrons. The summed E-state index contributed by atoms with van der Waals surface area (Å²) in [4.78, 5) is 17.0. The van der Waals surface area contributed by atoms with E-state index in [9.17, 15) is 9.18 Å². The van der Waals surface area contributed by atoms with Gasteiger partial charge in [-0.1, -0.05) is 36.4 Å². The highest BCUT2D eigenvalue weighted by Gasteiger charge is 2.42. The van der Waals surface area contributed by atoms with Gasteiger partial charge < -0.3 is 4.74 Å². The number of carbonyl (C=O) groups is 1. The van der Waals surface area contributed by atoms with Crippen molar-refractivity contribution in [2.75, 3.05) is 6.61 Å². The van der Waals surface area contributed by atoms with Gasteiger partial charge in [0.2, 0.25) is 0 Å². The monoisotopic (exact) mass is 295 g/mol. The van der Waals surface area contributed by atoms with E-state index in [2.05, 4.69) is 4.98 Å². The highest BCUT2D eigenvalue weighted by molar-refractivity contribution is 5.94. The first-order chi connectivity index (χ1) is 10.7. The van der Waals surface area contributed by atoms with E-state index < -0.39 is 11.7 Å². The molecule has 1 saturated heterocycles. The van der Waals surface area contributed by atoms with Gasteiger partial charge in [-0.3, -0.25) is 9.78 Å². The first-order valence-electron chi connectivity index (χ1n) is 7.28. The summed E-state index contributed by atoms with van der Waals surface area (Å²) in [5.41, 5.74) is 2.61. The molecule has 0 amide bonds. The van der Waals surface area contributed by atoms with Gasteiger partial charge in [-0.15, -0.1) is 0 Å². The van der Waals surface area contributed by atoms with E-state index in [-0.39, 0.29) is 24.4 Å². The zero-order valence-corrected chi connectivity index (χ0v) is 11.8. The van der Waals surface area contributed by atoms with E-state index >= 15 is 0 Å². The average molecular weight is 295 g/mol. The molecule has 3 nitrogen and oxygen atoms in total. The quantitative estimate of drug-likeness (QED) is 0.811. The lowest BCUT2D eigenvalue weighted by Crippen LogP contribution is -2.40. The fraction of sp³-hybridized carbons (Fsp3) is 0.222. The summed E-state index contributed by atoms with van der Waals surface area (Å²) in [6, 6.07) is 10.7. The van der Waals surface area contributed by atoms with Gasteiger partial charge in [-0.25, -0.2) is 4.39 Å². The molecule has 3 unspecified atom stereocenters. The molecule has 0 spiro atoms. The van der Waals surface area contributed by atoms with Crippen LogP contribution in [-0.2, 0) is 9.53 Å². The Morgan fingerprint density at radius 3 is 2.86 bits per heavy atom. The molecule has 4 heteroatoms. The number of nitrogens with zero attached hydrogens (tertiary/aromatic N) is 1. The predicted molar refractivity (Wildman–Crippen MR) is 79.9 cm³/mol. The number of aromatic nitrogens is 1. The lowest BCUT2D eigenvalue weighted by molar-refractivity contribution is -0.132. The molecular weight excluding hydrogens is 281 g/mol. The summed E-state index contributed by atoms with van der Waals surface area (Å²) in [6.07, 6.45) is 4.86. The number of carbonyl (C=O) groups excluding carboxylic acids is 1. The average Bonchev–Trinajstić information content (AvgIpc) is 2.56. The SMILES string of the molecule is O=C1C(c2ccc(F)cn2)COC2C=Cc3ccccc3C12. The molecule has 1 aromatic heterocycles. The maximum Gasteiger partial charge on any atom is 0.154 e. The zero-order chi connectivity index (χ0) is 15.1. The van der Waals surface area contributed by atoms with E-state index in [1.165, 1.54) is 6.07 Å². The number of Topliss-reactive ketones (excluding diaryl/α,β-unsaturated/α-hetero) is 1. The van der Waals surface area contributed by atoms with Crippen LogP contribution in [0.5, 0.6) is 0 Å². The van der Waals surface area contributed by atoms with E-state index in [0.717, 1.165) is 17.3 Å². The third kappa shape index (κ3) is 2.07. The van der Waals surface area contributed by atoms with Crippen molar-refractivity contribution in [3.05, 3.63) is 71.3 Å². The Hall–Kier alpha value is -2.33. The summed E-state index contributed by atoms with van der Waals surface area (Å²) < 4.78 is 18.9. The minimum absolute atomic E-state index is 0.0900. The molecule has 3 atom stereocenters. The first kappa shape index (κ1) is 13.3. The Labute approximate surface area is 127 Å². The number of hydrogen-bond acceptors (Lipinski definition) is 3. The molecule has 1 fully saturated rings. The van der Waals surface area contributed by atoms with Crippen LogP contribution >= 0.6 is 0 Å². The standard InChI is InChI=1S/C18H14FNO2/c19-12-6-7-15(20-9-12)14-10-22-16-8-5-11-3-1-2-4-13(11)17(16)18(14)21/h1-9,14,16-17H,10H2. The van der Waals surface area contributed by atoms with Gasteiger partial charge in [0.25, 0.3) is 0 Å². The van der Waals surface area contributed by atoms with Crippen molar-refractivity contribution in [2.24, 2.45) is 0 Å². The van der Waals surface area contributed by atoms with Gasteiger partial charge in [0.1, 0.15) is 5.82 Å². The number of ketones is 1. The largest absolute Gasteiger partial charge is 0.372 e. The summed E-state index contributed by atoms with van der Waals surface area (Å²) in [5, 5.41) is 0. The second-order valence-corrected chi connectivity index (χ2v) is 5.62. The summed E-state index contributed by atoms with van der Waals surface area (Å²) in [7, 11) is 0. The van der Waals surface area contributed by atoms with Gasteiger partial charge in [-0.2, -0.15) is 0 Å². The Balaban J connectivity index is 1.72. The molecule has 2 aromatic rings. The third-order valence-electron chi connectivity index (χ3n) is 4.34. The van der Waals surface area contributed by atoms with Crippen molar-refractivity contribution in [3.63, 3.8) is 0 Å². The van der Waals surface area contributed by atoms with Crippen LogP contribution < -0.4 is 0 Å². The Kier molecular flexibility index (Phi) is 3.12. The van der Waals surface area contributed by atoms with Crippen molar-refractivity contribution in [3.8, 4) is 0 Å². The molecule has 1 aliphatic heterocycles. The van der Waals surface area contributed by atoms with E-state index in [4.69, 9.17) is 4.74 Å². The number of fused-ring (bicyclic) bond motifs is 3. The lowest BCUT2D eigenvalue weighted by atomic mass is 9.76. The fourth-order valence-electron chi connectivity index (χ4n) is 3.23. The molecule has 1 aliphatic carbocycles. The number of benzene rings is 1. The molecule has 0 bridgehead atoms. The minimum atomic E-state index is -0.443. The molecule has 2 heterocycles. The molecular formula is C18H14FNO2. The second-order valence-electron chi connectivity index (χ2n) is 5.62. The maximum absolute atomic E-state index is 13.0. The van der Waals surface area contributed by atoms with Crippen molar-refractivity contribution >= 4 is 11.9 Å². The number of hydrogen-bond donors (Lipinski definition) is 0. The first-order valence-corrected chi connectivity index (χ1v) is 7.28. The van der Waals surface area contributed by atoms with Crippen LogP contribution in [0.15, 0.2) is 48.7 Å². The zero-order valence-electron chi connectivity index (χ0n) is 11.8. The van der Waals surface area contributed by atoms with Crippen molar-refractivity contribution in [1.82, 2.24) is 4.98 Å². The number of ether oxygens (including phenoxy) is 1. The molecule has 0 saturated carbocycles. The normalized spacial score (nSPS) is 26.4. The van der Waals surface area contributed by atoms with Gasteiger partial charge in [0.15, 0.2) is 5.78 Å². The van der Waals surface area contributed by atoms with E-state index in [1.54, 1.807) is 6.07 Å². The van der Waals surface area contributed by atoms with Crippen LogP contribution in [0.25, 0.3) is 6.08 Å². The smallest absolute Gasteiger partial charge is 0.154 e. The van der Waals surface area contributed by atoms with Gasteiger partial charge in [0.05, 0.1) is 36.4 Å². The number of pyridine rings is 1. The second kappa shape index (κ2) is 5.14.